The fourth-order valence-electron chi connectivity index (χ4n) is 1.24. The van der Waals surface area contributed by atoms with Gasteiger partial charge in [-0.1, -0.05) is 4.78 Å². The van der Waals surface area contributed by atoms with Crippen molar-refractivity contribution in [3.05, 3.63) is 20.2 Å². The zero-order chi connectivity index (χ0) is 13.5. The Morgan fingerprint density at radius 1 is 1.33 bits per heavy atom. The van der Waals surface area contributed by atoms with Crippen LogP contribution in [0.1, 0.15) is 0 Å². The Balaban J connectivity index is 2.32. The molecule has 2 aliphatic rings. The Morgan fingerprint density at radius 2 is 2.00 bits per heavy atom. The van der Waals surface area contributed by atoms with Crippen LogP contribution >= 0.6 is 25.1 Å². The summed E-state index contributed by atoms with van der Waals surface area (Å²) in [6.07, 6.45) is 0. The van der Waals surface area contributed by atoms with Crippen LogP contribution in [0.25, 0.3) is 0 Å². The average molecular weight is 322 g/mol. The molecule has 0 amide bonds. The number of hydrogen-bond donors (Lipinski definition) is 1. The molecule has 0 aromatic carbocycles. The van der Waals surface area contributed by atoms with Crippen molar-refractivity contribution in [1.29, 1.82) is 0 Å². The molecule has 11 nitrogen and oxygen atoms in total. The Kier molecular flexibility index (Phi) is 3.52. The van der Waals surface area contributed by atoms with Gasteiger partial charge in [0.1, 0.15) is 13.1 Å². The zero-order valence-corrected chi connectivity index (χ0v) is 11.0. The van der Waals surface area contributed by atoms with Gasteiger partial charge in [-0.25, -0.2) is 20.2 Å². The molecular formula is C2H5F2N7O4P3+. The lowest BCUT2D eigenvalue weighted by Gasteiger charge is -2.36. The number of rotatable bonds is 2. The van der Waals surface area contributed by atoms with E-state index in [9.17, 15) is 28.6 Å². The highest BCUT2D eigenvalue weighted by molar-refractivity contribution is 7.79. The summed E-state index contributed by atoms with van der Waals surface area (Å²) >= 11 is 0. The van der Waals surface area contributed by atoms with Gasteiger partial charge in [0.25, 0.3) is 8.37 Å². The minimum Gasteiger partial charge on any atom is -0.234 e. The van der Waals surface area contributed by atoms with E-state index >= 15 is 0 Å². The van der Waals surface area contributed by atoms with E-state index in [0.29, 0.717) is 9.90 Å². The maximum atomic E-state index is 13.1. The van der Waals surface area contributed by atoms with Crippen LogP contribution in [0.5, 0.6) is 0 Å². The minimum absolute atomic E-state index is 0.277. The summed E-state index contributed by atoms with van der Waals surface area (Å²) in [5, 5.41) is 20.3. The number of fused-ring (bicyclic) bond motifs is 1. The maximum Gasteiger partial charge on any atom is 0.594 e. The molecule has 2 aliphatic heterocycles. The van der Waals surface area contributed by atoms with Gasteiger partial charge in [0, 0.05) is 8.39 Å². The molecule has 1 unspecified atom stereocenters. The largest absolute Gasteiger partial charge is 0.594 e. The van der Waals surface area contributed by atoms with Gasteiger partial charge in [-0.3, -0.25) is 0 Å². The first-order valence-corrected chi connectivity index (χ1v) is 7.82. The SMILES string of the molecule is O=[N+]([O-])N1CCN([N+](=O)[O-])P2N[P+](F)(F)N=PN12. The van der Waals surface area contributed by atoms with Crippen LogP contribution < -0.4 is 4.86 Å². The normalized spacial score (nSPS) is 27.8. The van der Waals surface area contributed by atoms with Gasteiger partial charge < -0.3 is 0 Å². The predicted octanol–water partition coefficient (Wildman–Crippen LogP) is 1.70. The van der Waals surface area contributed by atoms with Gasteiger partial charge in [0.15, 0.2) is 18.6 Å². The van der Waals surface area contributed by atoms with Crippen molar-refractivity contribution in [1.82, 2.24) is 19.3 Å². The molecule has 100 valence electrons. The molecular weight excluding hydrogens is 317 g/mol. The quantitative estimate of drug-likeness (QED) is 0.463. The van der Waals surface area contributed by atoms with E-state index in [4.69, 9.17) is 0 Å². The molecule has 0 saturated carbocycles. The first-order chi connectivity index (χ1) is 8.32. The Hall–Kier alpha value is -0.860. The smallest absolute Gasteiger partial charge is 0.234 e. The van der Waals surface area contributed by atoms with Crippen molar-refractivity contribution < 1.29 is 18.5 Å². The lowest BCUT2D eigenvalue weighted by Crippen LogP contribution is -2.53. The summed E-state index contributed by atoms with van der Waals surface area (Å²) in [5.74, 6) is 0. The molecule has 18 heavy (non-hydrogen) atoms. The molecule has 0 radical (unpaired) electrons. The van der Waals surface area contributed by atoms with Crippen molar-refractivity contribution in [2.75, 3.05) is 13.1 Å². The van der Waals surface area contributed by atoms with E-state index in [1.54, 1.807) is 4.86 Å². The number of hydrazine groups is 3. The Morgan fingerprint density at radius 3 is 2.56 bits per heavy atom. The fourth-order valence-corrected chi connectivity index (χ4v) is 6.50. The van der Waals surface area contributed by atoms with Crippen LogP contribution in [-0.4, -0.2) is 37.6 Å². The van der Waals surface area contributed by atoms with Gasteiger partial charge >= 0.3 is 8.19 Å². The predicted molar refractivity (Wildman–Crippen MR) is 57.8 cm³/mol. The van der Waals surface area contributed by atoms with E-state index in [-0.39, 0.29) is 21.6 Å². The highest BCUT2D eigenvalue weighted by Crippen LogP contribution is 2.73. The summed E-state index contributed by atoms with van der Waals surface area (Å²) in [5.41, 5.74) is 0. The first-order valence-electron chi connectivity index (χ1n) is 4.25. The van der Waals surface area contributed by atoms with Crippen LogP contribution in [-0.2, 0) is 0 Å². The number of nitrogens with zero attached hydrogens (tertiary/aromatic N) is 6. The summed E-state index contributed by atoms with van der Waals surface area (Å²) in [6, 6.07) is 0. The molecule has 1 fully saturated rings. The second-order valence-corrected chi connectivity index (χ2v) is 7.76. The third-order valence-corrected chi connectivity index (χ3v) is 7.25. The lowest BCUT2D eigenvalue weighted by molar-refractivity contribution is -0.693. The van der Waals surface area contributed by atoms with Gasteiger partial charge in [0.05, 0.1) is 0 Å². The van der Waals surface area contributed by atoms with Crippen molar-refractivity contribution in [2.24, 2.45) is 4.52 Å². The number of nitro groups is 2. The van der Waals surface area contributed by atoms with Gasteiger partial charge in [-0.05, 0) is 19.0 Å². The lowest BCUT2D eigenvalue weighted by atomic mass is 10.7. The third-order valence-electron chi connectivity index (χ3n) is 1.91. The number of hydrogen-bond acceptors (Lipinski definition) is 7. The van der Waals surface area contributed by atoms with E-state index < -0.39 is 26.6 Å². The van der Waals surface area contributed by atoms with E-state index in [2.05, 4.69) is 4.52 Å². The summed E-state index contributed by atoms with van der Waals surface area (Å²) < 4.78 is 30.6. The highest BCUT2D eigenvalue weighted by atomic mass is 31.3. The van der Waals surface area contributed by atoms with Crippen LogP contribution in [0.2, 0.25) is 0 Å². The third kappa shape index (κ3) is 2.45. The molecule has 0 bridgehead atoms. The summed E-state index contributed by atoms with van der Waals surface area (Å²) in [6.45, 7) is -0.597. The molecule has 0 aliphatic carbocycles. The van der Waals surface area contributed by atoms with Crippen LogP contribution in [0.15, 0.2) is 4.52 Å². The zero-order valence-electron chi connectivity index (χ0n) is 8.33. The molecule has 0 aromatic rings. The van der Waals surface area contributed by atoms with Gasteiger partial charge in [-0.2, -0.15) is 0 Å². The minimum atomic E-state index is -4.81. The standard InChI is InChI=1S/C2H5F2N7O4P3/c3-18(4)5-16-11-7(9(12)13)1-2-8(10(14)15)17(11)6-18/h6H,1-2H2/q+1. The highest BCUT2D eigenvalue weighted by Gasteiger charge is 2.60. The Bertz CT molecular complexity index is 421. The molecule has 16 heteroatoms. The first kappa shape index (κ1) is 13.6. The van der Waals surface area contributed by atoms with Gasteiger partial charge in [0.2, 0.25) is 0 Å². The second-order valence-electron chi connectivity index (χ2n) is 2.99. The van der Waals surface area contributed by atoms with Gasteiger partial charge in [-0.15, -0.1) is 0 Å². The van der Waals surface area contributed by atoms with E-state index in [0.717, 1.165) is 4.55 Å². The molecule has 1 saturated heterocycles. The molecule has 1 N–H and O–H groups in total. The topological polar surface area (TPSA) is 120 Å². The van der Waals surface area contributed by atoms with Crippen LogP contribution in [0.4, 0.5) is 8.39 Å². The molecule has 2 rings (SSSR count). The van der Waals surface area contributed by atoms with Crippen molar-refractivity contribution in [2.45, 2.75) is 0 Å². The van der Waals surface area contributed by atoms with Crippen molar-refractivity contribution >= 4 is 25.1 Å². The van der Waals surface area contributed by atoms with Crippen molar-refractivity contribution in [3.63, 3.8) is 0 Å². The summed E-state index contributed by atoms with van der Waals surface area (Å²) in [4.78, 5) is 23.2. The van der Waals surface area contributed by atoms with Crippen molar-refractivity contribution in [3.8, 4) is 0 Å². The molecule has 0 spiro atoms. The number of nitrogens with one attached hydrogen (secondary N) is 1. The molecule has 0 aromatic heterocycles. The van der Waals surface area contributed by atoms with E-state index in [1.165, 1.54) is 0 Å². The fraction of sp³-hybridized carbons (Fsp3) is 1.00. The average Bonchev–Trinajstić information content (AvgIpc) is 2.25. The summed E-state index contributed by atoms with van der Waals surface area (Å²) in [7, 11) is -7.48. The van der Waals surface area contributed by atoms with Crippen LogP contribution in [0.3, 0.4) is 0 Å². The number of halogens is 2. The molecule has 2 heterocycles. The second kappa shape index (κ2) is 4.67. The van der Waals surface area contributed by atoms with E-state index in [1.807, 2.05) is 0 Å². The monoisotopic (exact) mass is 322 g/mol. The molecule has 1 atom stereocenters. The maximum absolute atomic E-state index is 13.1. The van der Waals surface area contributed by atoms with Crippen LogP contribution in [0, 0.1) is 20.2 Å². The Labute approximate surface area is 101 Å².